The highest BCUT2D eigenvalue weighted by Crippen LogP contribution is 2.26. The molecule has 0 aliphatic carbocycles. The zero-order valence-electron chi connectivity index (χ0n) is 14.1. The van der Waals surface area contributed by atoms with Crippen molar-refractivity contribution in [1.82, 2.24) is 19.6 Å². The van der Waals surface area contributed by atoms with E-state index < -0.39 is 21.5 Å². The molecule has 1 amide bonds. The minimum atomic E-state index is -3.43. The quantitative estimate of drug-likeness (QED) is 0.652. The van der Waals surface area contributed by atoms with Gasteiger partial charge in [0.1, 0.15) is 17.7 Å². The maximum absolute atomic E-state index is 12.0. The smallest absolute Gasteiger partial charge is 0.237 e. The van der Waals surface area contributed by atoms with E-state index in [-0.39, 0.29) is 13.1 Å². The van der Waals surface area contributed by atoms with E-state index in [0.717, 1.165) is 17.8 Å². The molecule has 134 valence electrons. The summed E-state index contributed by atoms with van der Waals surface area (Å²) in [6.45, 7) is 2.64. The summed E-state index contributed by atoms with van der Waals surface area (Å²) < 4.78 is 24.2. The predicted octanol–water partition coefficient (Wildman–Crippen LogP) is -1.27. The molecule has 1 aromatic rings. The Morgan fingerprint density at radius 1 is 1.50 bits per heavy atom. The molecule has 24 heavy (non-hydrogen) atoms. The van der Waals surface area contributed by atoms with Crippen LogP contribution in [0.4, 0.5) is 5.82 Å². The fraction of sp³-hybridized carbons (Fsp3) is 0.643. The molecule has 2 N–H and O–H groups in total. The van der Waals surface area contributed by atoms with Gasteiger partial charge in [-0.3, -0.25) is 4.79 Å². The maximum atomic E-state index is 12.0. The van der Waals surface area contributed by atoms with Crippen molar-refractivity contribution in [3.05, 3.63) is 18.1 Å². The molecule has 10 heteroatoms. The Kier molecular flexibility index (Phi) is 5.41. The van der Waals surface area contributed by atoms with Crippen molar-refractivity contribution in [2.45, 2.75) is 18.9 Å². The fourth-order valence-electron chi connectivity index (χ4n) is 2.65. The van der Waals surface area contributed by atoms with Gasteiger partial charge in [-0.25, -0.2) is 23.1 Å². The average Bonchev–Trinajstić information content (AvgIpc) is 2.86. The number of nitrogens with zero attached hydrogens (tertiary/aromatic N) is 4. The van der Waals surface area contributed by atoms with Crippen molar-refractivity contribution in [1.29, 1.82) is 0 Å². The third-order valence-corrected chi connectivity index (χ3v) is 4.56. The summed E-state index contributed by atoms with van der Waals surface area (Å²) in [5, 5.41) is 10.7. The molecule has 1 aliphatic heterocycles. The summed E-state index contributed by atoms with van der Waals surface area (Å²) >= 11 is 0. The second kappa shape index (κ2) is 6.99. The highest BCUT2D eigenvalue weighted by atomic mass is 32.2. The van der Waals surface area contributed by atoms with Crippen LogP contribution in [-0.2, 0) is 14.8 Å². The number of amides is 1. The number of rotatable bonds is 6. The summed E-state index contributed by atoms with van der Waals surface area (Å²) in [5.74, 6) is 0.344. The Morgan fingerprint density at radius 2 is 2.21 bits per heavy atom. The van der Waals surface area contributed by atoms with Crippen LogP contribution in [-0.4, -0.2) is 79.4 Å². The van der Waals surface area contributed by atoms with Gasteiger partial charge in [-0.2, -0.15) is 0 Å². The number of aromatic nitrogens is 2. The Hall–Kier alpha value is -1.78. The van der Waals surface area contributed by atoms with Crippen molar-refractivity contribution in [3.8, 4) is 0 Å². The topological polar surface area (TPSA) is 116 Å². The molecular formula is C14H23N5O4S. The predicted molar refractivity (Wildman–Crippen MR) is 89.0 cm³/mol. The lowest BCUT2D eigenvalue weighted by molar-refractivity contribution is -0.131. The molecule has 0 aromatic carbocycles. The fourth-order valence-corrected chi connectivity index (χ4v) is 3.04. The normalized spacial score (nSPS) is 21.1. The molecule has 0 spiro atoms. The highest BCUT2D eigenvalue weighted by Gasteiger charge is 2.38. The molecule has 1 aliphatic rings. The highest BCUT2D eigenvalue weighted by molar-refractivity contribution is 7.88. The first kappa shape index (κ1) is 18.6. The Balaban J connectivity index is 1.93. The van der Waals surface area contributed by atoms with E-state index in [0.29, 0.717) is 19.5 Å². The van der Waals surface area contributed by atoms with E-state index in [4.69, 9.17) is 0 Å². The van der Waals surface area contributed by atoms with E-state index >= 15 is 0 Å². The molecule has 0 radical (unpaired) electrons. The van der Waals surface area contributed by atoms with Crippen molar-refractivity contribution in [3.63, 3.8) is 0 Å². The van der Waals surface area contributed by atoms with Crippen LogP contribution in [0.15, 0.2) is 12.4 Å². The standard InChI is InChI=1S/C14H23N5O4S/c1-11-6-12(16-10-15-11)19-5-4-14(21,9-19)8-18(2)13(20)7-17-24(3,22)23/h6,10,17,21H,4-5,7-9H2,1-3H3/t14-/m1/s1. The van der Waals surface area contributed by atoms with Crippen LogP contribution < -0.4 is 9.62 Å². The third-order valence-electron chi connectivity index (χ3n) is 3.89. The monoisotopic (exact) mass is 357 g/mol. The lowest BCUT2D eigenvalue weighted by atomic mass is 10.0. The minimum Gasteiger partial charge on any atom is -0.386 e. The zero-order valence-corrected chi connectivity index (χ0v) is 14.9. The number of carbonyl (C=O) groups excluding carboxylic acids is 1. The average molecular weight is 357 g/mol. The lowest BCUT2D eigenvalue weighted by Gasteiger charge is -2.29. The summed E-state index contributed by atoms with van der Waals surface area (Å²) in [7, 11) is -1.88. The first-order valence-electron chi connectivity index (χ1n) is 7.53. The number of hydrogen-bond acceptors (Lipinski definition) is 7. The molecule has 1 saturated heterocycles. The number of likely N-dealkylation sites (N-methyl/N-ethyl adjacent to an activating group) is 1. The number of aryl methyl sites for hydroxylation is 1. The molecule has 0 bridgehead atoms. The van der Waals surface area contributed by atoms with Gasteiger partial charge in [-0.1, -0.05) is 0 Å². The second-order valence-corrected chi connectivity index (χ2v) is 8.09. The second-order valence-electron chi connectivity index (χ2n) is 6.26. The van der Waals surface area contributed by atoms with Crippen LogP contribution in [0.3, 0.4) is 0 Å². The molecule has 2 heterocycles. The summed E-state index contributed by atoms with van der Waals surface area (Å²) in [4.78, 5) is 23.5. The summed E-state index contributed by atoms with van der Waals surface area (Å²) in [5.41, 5.74) is -0.219. The van der Waals surface area contributed by atoms with E-state index in [1.807, 2.05) is 17.9 Å². The van der Waals surface area contributed by atoms with Gasteiger partial charge in [-0.05, 0) is 13.3 Å². The van der Waals surface area contributed by atoms with Gasteiger partial charge in [-0.15, -0.1) is 0 Å². The van der Waals surface area contributed by atoms with Crippen molar-refractivity contribution in [2.75, 3.05) is 44.4 Å². The molecule has 0 unspecified atom stereocenters. The largest absolute Gasteiger partial charge is 0.386 e. The number of aliphatic hydroxyl groups is 1. The first-order chi connectivity index (χ1) is 11.1. The number of carbonyl (C=O) groups is 1. The Morgan fingerprint density at radius 3 is 2.83 bits per heavy atom. The van der Waals surface area contributed by atoms with Crippen LogP contribution >= 0.6 is 0 Å². The van der Waals surface area contributed by atoms with Gasteiger partial charge in [0.25, 0.3) is 0 Å². The van der Waals surface area contributed by atoms with E-state index in [1.165, 1.54) is 11.2 Å². The van der Waals surface area contributed by atoms with Gasteiger partial charge in [0, 0.05) is 31.9 Å². The molecule has 0 saturated carbocycles. The molecule has 1 fully saturated rings. The lowest BCUT2D eigenvalue weighted by Crippen LogP contribution is -2.48. The van der Waals surface area contributed by atoms with Crippen LogP contribution in [0.5, 0.6) is 0 Å². The van der Waals surface area contributed by atoms with Crippen LogP contribution in [0.2, 0.25) is 0 Å². The van der Waals surface area contributed by atoms with Gasteiger partial charge in [0.05, 0.1) is 19.3 Å². The van der Waals surface area contributed by atoms with Crippen LogP contribution in [0.25, 0.3) is 0 Å². The van der Waals surface area contributed by atoms with Gasteiger partial charge in [0.2, 0.25) is 15.9 Å². The van der Waals surface area contributed by atoms with Crippen LogP contribution in [0, 0.1) is 6.92 Å². The number of sulfonamides is 1. The number of hydrogen-bond donors (Lipinski definition) is 2. The summed E-state index contributed by atoms with van der Waals surface area (Å²) in [6, 6.07) is 1.84. The Bertz CT molecular complexity index is 711. The number of β-amino-alcohol motifs (C(OH)–C–C–N with tert-alkyl or cyclic N) is 1. The summed E-state index contributed by atoms with van der Waals surface area (Å²) in [6.07, 6.45) is 2.97. The SMILES string of the molecule is Cc1cc(N2CC[C@@](O)(CN(C)C(=O)CNS(C)(=O)=O)C2)ncn1. The molecule has 1 aromatic heterocycles. The molecule has 2 rings (SSSR count). The van der Waals surface area contributed by atoms with Crippen molar-refractivity contribution < 1.29 is 18.3 Å². The molecule has 1 atom stereocenters. The van der Waals surface area contributed by atoms with Crippen molar-refractivity contribution >= 4 is 21.7 Å². The van der Waals surface area contributed by atoms with Crippen LogP contribution in [0.1, 0.15) is 12.1 Å². The molecule has 9 nitrogen and oxygen atoms in total. The van der Waals surface area contributed by atoms with E-state index in [1.54, 1.807) is 7.05 Å². The van der Waals surface area contributed by atoms with Gasteiger partial charge >= 0.3 is 0 Å². The third kappa shape index (κ3) is 5.11. The number of anilines is 1. The zero-order chi connectivity index (χ0) is 18.0. The maximum Gasteiger partial charge on any atom is 0.237 e. The minimum absolute atomic E-state index is 0.123. The van der Waals surface area contributed by atoms with Crippen molar-refractivity contribution in [2.24, 2.45) is 0 Å². The molecular weight excluding hydrogens is 334 g/mol. The van der Waals surface area contributed by atoms with Gasteiger partial charge in [0.15, 0.2) is 0 Å². The first-order valence-corrected chi connectivity index (χ1v) is 9.42. The Labute approximate surface area is 141 Å². The van der Waals surface area contributed by atoms with Gasteiger partial charge < -0.3 is 14.9 Å². The van der Waals surface area contributed by atoms with E-state index in [9.17, 15) is 18.3 Å². The number of nitrogens with one attached hydrogen (secondary N) is 1. The van der Waals surface area contributed by atoms with E-state index in [2.05, 4.69) is 14.7 Å².